The Morgan fingerprint density at radius 2 is 1.93 bits per heavy atom. The number of benzene rings is 1. The van der Waals surface area contributed by atoms with Crippen LogP contribution in [0.5, 0.6) is 0 Å². The Morgan fingerprint density at radius 1 is 1.14 bits per heavy atom. The molecule has 3 aromatic rings. The molecule has 0 bridgehead atoms. The lowest BCUT2D eigenvalue weighted by Crippen LogP contribution is -2.36. The van der Waals surface area contributed by atoms with E-state index < -0.39 is 0 Å². The van der Waals surface area contributed by atoms with Crippen molar-refractivity contribution in [3.05, 3.63) is 69.3 Å². The van der Waals surface area contributed by atoms with E-state index in [2.05, 4.69) is 35.1 Å². The number of carbonyl (C=O) groups excluding carboxylic acids is 1. The fraction of sp³-hybridized carbons (Fsp3) is 0.318. The summed E-state index contributed by atoms with van der Waals surface area (Å²) >= 11 is 7.88. The molecule has 2 aromatic heterocycles. The highest BCUT2D eigenvalue weighted by Crippen LogP contribution is 2.42. The molecule has 2 amide bonds. The first kappa shape index (κ1) is 17.8. The highest BCUT2D eigenvalue weighted by molar-refractivity contribution is 7.15. The van der Waals surface area contributed by atoms with Crippen LogP contribution >= 0.6 is 22.9 Å². The third-order valence-electron chi connectivity index (χ3n) is 5.84. The van der Waals surface area contributed by atoms with Crippen molar-refractivity contribution in [3.63, 3.8) is 0 Å². The number of nitrogens with one attached hydrogen (secondary N) is 1. The molecule has 3 heterocycles. The summed E-state index contributed by atoms with van der Waals surface area (Å²) in [6.45, 7) is 2.75. The van der Waals surface area contributed by atoms with Crippen molar-refractivity contribution >= 4 is 34.7 Å². The lowest BCUT2D eigenvalue weighted by atomic mass is 9.95. The van der Waals surface area contributed by atoms with Crippen LogP contribution in [0.15, 0.2) is 42.6 Å². The molecule has 28 heavy (non-hydrogen) atoms. The number of aromatic nitrogens is 1. The van der Waals surface area contributed by atoms with E-state index in [1.807, 2.05) is 28.4 Å². The topological polar surface area (TPSA) is 37.3 Å². The second kappa shape index (κ2) is 6.98. The van der Waals surface area contributed by atoms with Crippen molar-refractivity contribution in [2.24, 2.45) is 0 Å². The van der Waals surface area contributed by atoms with Gasteiger partial charge in [0.2, 0.25) is 0 Å². The molecule has 0 radical (unpaired) electrons. The predicted molar refractivity (Wildman–Crippen MR) is 115 cm³/mol. The zero-order chi connectivity index (χ0) is 19.3. The number of halogens is 1. The quantitative estimate of drug-likeness (QED) is 0.510. The summed E-state index contributed by atoms with van der Waals surface area (Å²) in [7, 11) is 0. The normalized spacial score (nSPS) is 18.1. The predicted octanol–water partition coefficient (Wildman–Crippen LogP) is 6.18. The molecule has 0 saturated carbocycles. The largest absolute Gasteiger partial charge is 0.322 e. The molecular formula is C22H22ClN3OS. The number of aryl methyl sites for hydroxylation is 1. The highest BCUT2D eigenvalue weighted by Gasteiger charge is 2.32. The fourth-order valence-corrected chi connectivity index (χ4v) is 5.87. The van der Waals surface area contributed by atoms with Crippen molar-refractivity contribution in [1.29, 1.82) is 0 Å². The van der Waals surface area contributed by atoms with Gasteiger partial charge in [-0.05, 0) is 74.6 Å². The zero-order valence-corrected chi connectivity index (χ0v) is 17.3. The van der Waals surface area contributed by atoms with Crippen LogP contribution in [-0.2, 0) is 19.4 Å². The van der Waals surface area contributed by atoms with E-state index in [0.717, 1.165) is 24.2 Å². The van der Waals surface area contributed by atoms with Crippen LogP contribution in [0.25, 0.3) is 5.00 Å². The van der Waals surface area contributed by atoms with Gasteiger partial charge in [0.05, 0.1) is 12.6 Å². The number of urea groups is 1. The summed E-state index contributed by atoms with van der Waals surface area (Å²) in [5.74, 6) is 0. The average Bonchev–Trinajstić information content (AvgIpc) is 3.29. The van der Waals surface area contributed by atoms with Gasteiger partial charge in [0, 0.05) is 33.0 Å². The molecule has 1 aromatic carbocycles. The molecule has 0 saturated heterocycles. The number of nitrogens with zero attached hydrogens (tertiary/aromatic N) is 2. The number of anilines is 1. The van der Waals surface area contributed by atoms with Gasteiger partial charge in [0.1, 0.15) is 5.00 Å². The maximum Gasteiger partial charge on any atom is 0.322 e. The van der Waals surface area contributed by atoms with Gasteiger partial charge in [-0.1, -0.05) is 11.6 Å². The van der Waals surface area contributed by atoms with Gasteiger partial charge in [0.15, 0.2) is 0 Å². The Kier molecular flexibility index (Phi) is 4.44. The van der Waals surface area contributed by atoms with Crippen LogP contribution in [0.2, 0.25) is 5.02 Å². The van der Waals surface area contributed by atoms with Gasteiger partial charge >= 0.3 is 6.03 Å². The van der Waals surface area contributed by atoms with Crippen molar-refractivity contribution in [2.75, 3.05) is 5.32 Å². The highest BCUT2D eigenvalue weighted by atomic mass is 35.5. The molecule has 0 spiro atoms. The molecule has 0 unspecified atom stereocenters. The SMILES string of the molecule is C[C@@H]1c2cccn2-c2sc3c(c2CN1C(=O)Nc1ccc(Cl)cc1)CCCC3. The minimum absolute atomic E-state index is 0.0128. The molecule has 2 aliphatic rings. The number of carbonyl (C=O) groups is 1. The van der Waals surface area contributed by atoms with Gasteiger partial charge < -0.3 is 14.8 Å². The number of rotatable bonds is 1. The molecule has 1 aliphatic heterocycles. The molecule has 5 rings (SSSR count). The second-order valence-electron chi connectivity index (χ2n) is 7.54. The minimum atomic E-state index is -0.0776. The van der Waals surface area contributed by atoms with Crippen LogP contribution < -0.4 is 5.32 Å². The lowest BCUT2D eigenvalue weighted by molar-refractivity contribution is 0.189. The lowest BCUT2D eigenvalue weighted by Gasteiger charge is -2.28. The Balaban J connectivity index is 1.54. The second-order valence-corrected chi connectivity index (χ2v) is 9.06. The van der Waals surface area contributed by atoms with E-state index in [-0.39, 0.29) is 12.1 Å². The van der Waals surface area contributed by atoms with Gasteiger partial charge in [-0.15, -0.1) is 11.3 Å². The van der Waals surface area contributed by atoms with Crippen LogP contribution in [0, 0.1) is 0 Å². The Labute approximate surface area is 173 Å². The number of thiophene rings is 1. The molecule has 0 fully saturated rings. The zero-order valence-electron chi connectivity index (χ0n) is 15.7. The summed E-state index contributed by atoms with van der Waals surface area (Å²) in [4.78, 5) is 16.7. The third-order valence-corrected chi connectivity index (χ3v) is 7.42. The maximum atomic E-state index is 13.2. The fourth-order valence-electron chi connectivity index (χ4n) is 4.34. The maximum absolute atomic E-state index is 13.2. The van der Waals surface area contributed by atoms with Crippen molar-refractivity contribution in [2.45, 2.75) is 45.2 Å². The van der Waals surface area contributed by atoms with Crippen LogP contribution in [0.3, 0.4) is 0 Å². The van der Waals surface area contributed by atoms with Crippen LogP contribution in [-0.4, -0.2) is 15.5 Å². The first-order valence-electron chi connectivity index (χ1n) is 9.76. The number of hydrogen-bond acceptors (Lipinski definition) is 2. The van der Waals surface area contributed by atoms with Gasteiger partial charge in [-0.3, -0.25) is 0 Å². The van der Waals surface area contributed by atoms with E-state index in [1.54, 1.807) is 12.1 Å². The Hall–Kier alpha value is -2.24. The van der Waals surface area contributed by atoms with E-state index in [4.69, 9.17) is 11.6 Å². The molecule has 6 heteroatoms. The van der Waals surface area contributed by atoms with Crippen molar-refractivity contribution in [1.82, 2.24) is 9.47 Å². The molecule has 4 nitrogen and oxygen atoms in total. The van der Waals surface area contributed by atoms with Gasteiger partial charge in [-0.25, -0.2) is 4.79 Å². The first-order valence-corrected chi connectivity index (χ1v) is 11.0. The summed E-state index contributed by atoms with van der Waals surface area (Å²) in [5.41, 5.74) is 4.72. The Bertz CT molecular complexity index is 1040. The van der Waals surface area contributed by atoms with E-state index in [9.17, 15) is 4.79 Å². The van der Waals surface area contributed by atoms with E-state index in [1.165, 1.54) is 33.8 Å². The number of hydrogen-bond donors (Lipinski definition) is 1. The molecule has 1 aliphatic carbocycles. The van der Waals surface area contributed by atoms with E-state index in [0.29, 0.717) is 11.6 Å². The smallest absolute Gasteiger partial charge is 0.312 e. The Morgan fingerprint density at radius 3 is 2.75 bits per heavy atom. The number of amides is 2. The molecule has 1 N–H and O–H groups in total. The van der Waals surface area contributed by atoms with Gasteiger partial charge in [0.25, 0.3) is 0 Å². The van der Waals surface area contributed by atoms with E-state index >= 15 is 0 Å². The van der Waals surface area contributed by atoms with Crippen LogP contribution in [0.1, 0.15) is 47.5 Å². The molecular weight excluding hydrogens is 390 g/mol. The summed E-state index contributed by atoms with van der Waals surface area (Å²) in [6, 6.07) is 11.4. The average molecular weight is 412 g/mol. The minimum Gasteiger partial charge on any atom is -0.312 e. The first-order chi connectivity index (χ1) is 13.6. The monoisotopic (exact) mass is 411 g/mol. The molecule has 1 atom stereocenters. The van der Waals surface area contributed by atoms with Crippen LogP contribution in [0.4, 0.5) is 10.5 Å². The summed E-state index contributed by atoms with van der Waals surface area (Å²) < 4.78 is 2.29. The number of fused-ring (bicyclic) bond motifs is 5. The third kappa shape index (κ3) is 2.93. The molecule has 144 valence electrons. The van der Waals surface area contributed by atoms with Gasteiger partial charge in [-0.2, -0.15) is 0 Å². The van der Waals surface area contributed by atoms with Crippen molar-refractivity contribution < 1.29 is 4.79 Å². The summed E-state index contributed by atoms with van der Waals surface area (Å²) in [5, 5.41) is 5.00. The van der Waals surface area contributed by atoms with Crippen molar-refractivity contribution in [3.8, 4) is 5.00 Å². The standard InChI is InChI=1S/C22H22ClN3OS/c1-14-19-6-4-12-25(19)21-18(17-5-2-3-7-20(17)28-21)13-26(14)22(27)24-16-10-8-15(23)9-11-16/h4,6,8-12,14H,2-3,5,7,13H2,1H3,(H,24,27)/t14-/m1/s1. The summed E-state index contributed by atoms with van der Waals surface area (Å²) in [6.07, 6.45) is 6.92.